The van der Waals surface area contributed by atoms with Crippen LogP contribution in [0.2, 0.25) is 0 Å². The lowest BCUT2D eigenvalue weighted by molar-refractivity contribution is 0.0827. The number of hydrogen-bond donors (Lipinski definition) is 0. The molecule has 0 aliphatic carbocycles. The number of benzene rings is 1. The van der Waals surface area contributed by atoms with Gasteiger partial charge in [-0.05, 0) is 50.2 Å². The number of rotatable bonds is 6. The third-order valence-electron chi connectivity index (χ3n) is 3.50. The molecule has 4 heteroatoms. The van der Waals surface area contributed by atoms with Gasteiger partial charge in [-0.1, -0.05) is 11.6 Å². The number of nitrogens with zero attached hydrogens (tertiary/aromatic N) is 2. The van der Waals surface area contributed by atoms with Crippen molar-refractivity contribution in [2.45, 2.75) is 20.3 Å². The van der Waals surface area contributed by atoms with Crippen molar-refractivity contribution in [3.63, 3.8) is 0 Å². The first-order valence-electron chi connectivity index (χ1n) is 7.66. The second-order valence-corrected chi connectivity index (χ2v) is 5.29. The standard InChI is InChI=1S/C19H22N2O2/c1-4-21(14-15(2)13-17-7-5-6-12-20-17)19(22)16-8-10-18(23-3)11-9-16/h5-12,14H,4,13H2,1-3H3. The zero-order chi connectivity index (χ0) is 16.7. The van der Waals surface area contributed by atoms with Gasteiger partial charge >= 0.3 is 0 Å². The number of aromatic nitrogens is 1. The fourth-order valence-electron chi connectivity index (χ4n) is 2.29. The molecule has 23 heavy (non-hydrogen) atoms. The molecular weight excluding hydrogens is 288 g/mol. The number of ether oxygens (including phenoxy) is 1. The Labute approximate surface area is 137 Å². The summed E-state index contributed by atoms with van der Waals surface area (Å²) in [6, 6.07) is 13.0. The third-order valence-corrected chi connectivity index (χ3v) is 3.50. The van der Waals surface area contributed by atoms with Crippen molar-refractivity contribution in [3.05, 3.63) is 71.7 Å². The molecule has 120 valence electrons. The number of carbonyl (C=O) groups is 1. The van der Waals surface area contributed by atoms with E-state index in [9.17, 15) is 4.79 Å². The summed E-state index contributed by atoms with van der Waals surface area (Å²) in [5.41, 5.74) is 2.73. The van der Waals surface area contributed by atoms with Crippen LogP contribution in [0.15, 0.2) is 60.4 Å². The number of hydrogen-bond acceptors (Lipinski definition) is 3. The Kier molecular flexibility index (Phi) is 5.92. The van der Waals surface area contributed by atoms with Crippen LogP contribution in [0.5, 0.6) is 5.75 Å². The molecule has 1 aromatic heterocycles. The summed E-state index contributed by atoms with van der Waals surface area (Å²) >= 11 is 0. The summed E-state index contributed by atoms with van der Waals surface area (Å²) in [5.74, 6) is 0.724. The van der Waals surface area contributed by atoms with E-state index < -0.39 is 0 Å². The molecule has 0 radical (unpaired) electrons. The van der Waals surface area contributed by atoms with E-state index in [1.54, 1.807) is 42.5 Å². The van der Waals surface area contributed by atoms with Crippen LogP contribution < -0.4 is 4.74 Å². The molecule has 1 aromatic carbocycles. The quantitative estimate of drug-likeness (QED) is 0.817. The third kappa shape index (κ3) is 4.68. The van der Waals surface area contributed by atoms with Crippen LogP contribution in [0.25, 0.3) is 0 Å². The maximum atomic E-state index is 12.6. The molecule has 2 aromatic rings. The molecule has 0 unspecified atom stereocenters. The van der Waals surface area contributed by atoms with Gasteiger partial charge in [-0.25, -0.2) is 0 Å². The molecule has 0 bridgehead atoms. The van der Waals surface area contributed by atoms with Gasteiger partial charge in [0.15, 0.2) is 0 Å². The summed E-state index contributed by atoms with van der Waals surface area (Å²) in [7, 11) is 1.61. The minimum absolute atomic E-state index is 0.0180. The van der Waals surface area contributed by atoms with Gasteiger partial charge in [-0.3, -0.25) is 9.78 Å². The first-order valence-corrected chi connectivity index (χ1v) is 7.66. The topological polar surface area (TPSA) is 42.4 Å². The predicted octanol–water partition coefficient (Wildman–Crippen LogP) is 3.70. The Morgan fingerprint density at radius 1 is 1.22 bits per heavy atom. The Morgan fingerprint density at radius 3 is 2.52 bits per heavy atom. The minimum atomic E-state index is -0.0180. The fourth-order valence-corrected chi connectivity index (χ4v) is 2.29. The summed E-state index contributed by atoms with van der Waals surface area (Å²) in [6.07, 6.45) is 4.41. The lowest BCUT2D eigenvalue weighted by Crippen LogP contribution is -2.26. The van der Waals surface area contributed by atoms with Crippen molar-refractivity contribution in [2.75, 3.05) is 13.7 Å². The van der Waals surface area contributed by atoms with E-state index >= 15 is 0 Å². The van der Waals surface area contributed by atoms with Crippen LogP contribution in [0.4, 0.5) is 0 Å². The van der Waals surface area contributed by atoms with Gasteiger partial charge in [0, 0.05) is 36.6 Å². The predicted molar refractivity (Wildman–Crippen MR) is 91.4 cm³/mol. The fraction of sp³-hybridized carbons (Fsp3) is 0.263. The van der Waals surface area contributed by atoms with E-state index in [0.29, 0.717) is 12.1 Å². The SMILES string of the molecule is CCN(C=C(C)Cc1ccccn1)C(=O)c1ccc(OC)cc1. The summed E-state index contributed by atoms with van der Waals surface area (Å²) in [4.78, 5) is 18.6. The highest BCUT2D eigenvalue weighted by atomic mass is 16.5. The van der Waals surface area contributed by atoms with Crippen LogP contribution >= 0.6 is 0 Å². The molecule has 0 saturated carbocycles. The second kappa shape index (κ2) is 8.13. The van der Waals surface area contributed by atoms with Gasteiger partial charge in [0.05, 0.1) is 7.11 Å². The average molecular weight is 310 g/mol. The van der Waals surface area contributed by atoms with Crippen molar-refractivity contribution in [2.24, 2.45) is 0 Å². The molecule has 0 N–H and O–H groups in total. The van der Waals surface area contributed by atoms with Crippen molar-refractivity contribution >= 4 is 5.91 Å². The van der Waals surface area contributed by atoms with Crippen LogP contribution in [-0.4, -0.2) is 29.4 Å². The maximum Gasteiger partial charge on any atom is 0.257 e. The molecular formula is C19H22N2O2. The molecule has 0 spiro atoms. The summed E-state index contributed by atoms with van der Waals surface area (Å²) < 4.78 is 5.12. The number of allylic oxidation sites excluding steroid dienone is 1. The second-order valence-electron chi connectivity index (χ2n) is 5.29. The highest BCUT2D eigenvalue weighted by molar-refractivity contribution is 5.95. The van der Waals surface area contributed by atoms with Crippen molar-refractivity contribution in [1.29, 1.82) is 0 Å². The van der Waals surface area contributed by atoms with Gasteiger partial charge in [-0.2, -0.15) is 0 Å². The highest BCUT2D eigenvalue weighted by Gasteiger charge is 2.12. The maximum absolute atomic E-state index is 12.6. The first-order chi connectivity index (χ1) is 11.1. The normalized spacial score (nSPS) is 11.2. The number of amides is 1. The van der Waals surface area contributed by atoms with Crippen molar-refractivity contribution < 1.29 is 9.53 Å². The van der Waals surface area contributed by atoms with E-state index in [2.05, 4.69) is 4.98 Å². The molecule has 0 aliphatic rings. The van der Waals surface area contributed by atoms with E-state index in [1.165, 1.54) is 0 Å². The number of pyridine rings is 1. The van der Waals surface area contributed by atoms with E-state index in [4.69, 9.17) is 4.74 Å². The van der Waals surface area contributed by atoms with Crippen LogP contribution in [0.1, 0.15) is 29.9 Å². The number of carbonyl (C=O) groups excluding carboxylic acids is 1. The Hall–Kier alpha value is -2.62. The average Bonchev–Trinajstić information content (AvgIpc) is 2.60. The van der Waals surface area contributed by atoms with Gasteiger partial charge < -0.3 is 9.64 Å². The van der Waals surface area contributed by atoms with Crippen molar-refractivity contribution in [3.8, 4) is 5.75 Å². The van der Waals surface area contributed by atoms with Gasteiger partial charge in [0.1, 0.15) is 5.75 Å². The summed E-state index contributed by atoms with van der Waals surface area (Å²) in [5, 5.41) is 0. The number of methoxy groups -OCH3 is 1. The summed E-state index contributed by atoms with van der Waals surface area (Å²) in [6.45, 7) is 4.59. The zero-order valence-electron chi connectivity index (χ0n) is 13.8. The molecule has 0 fully saturated rings. The molecule has 0 aliphatic heterocycles. The van der Waals surface area contributed by atoms with E-state index in [1.807, 2.05) is 38.2 Å². The lowest BCUT2D eigenvalue weighted by Gasteiger charge is -2.18. The molecule has 0 saturated heterocycles. The minimum Gasteiger partial charge on any atom is -0.497 e. The Balaban J connectivity index is 2.11. The van der Waals surface area contributed by atoms with Crippen LogP contribution in [0, 0.1) is 0 Å². The zero-order valence-corrected chi connectivity index (χ0v) is 13.8. The molecule has 4 nitrogen and oxygen atoms in total. The van der Waals surface area contributed by atoms with Crippen molar-refractivity contribution in [1.82, 2.24) is 9.88 Å². The van der Waals surface area contributed by atoms with E-state index in [-0.39, 0.29) is 5.91 Å². The largest absolute Gasteiger partial charge is 0.497 e. The Bertz CT molecular complexity index is 664. The first kappa shape index (κ1) is 16.7. The molecule has 1 heterocycles. The van der Waals surface area contributed by atoms with Crippen LogP contribution in [0.3, 0.4) is 0 Å². The molecule has 2 rings (SSSR count). The lowest BCUT2D eigenvalue weighted by atomic mass is 10.1. The molecule has 0 atom stereocenters. The monoisotopic (exact) mass is 310 g/mol. The van der Waals surface area contributed by atoms with Gasteiger partial charge in [0.25, 0.3) is 5.91 Å². The van der Waals surface area contributed by atoms with Crippen LogP contribution in [-0.2, 0) is 6.42 Å². The highest BCUT2D eigenvalue weighted by Crippen LogP contribution is 2.14. The van der Waals surface area contributed by atoms with E-state index in [0.717, 1.165) is 23.4 Å². The molecule has 1 amide bonds. The van der Waals surface area contributed by atoms with Gasteiger partial charge in [0.2, 0.25) is 0 Å². The van der Waals surface area contributed by atoms with Gasteiger partial charge in [-0.15, -0.1) is 0 Å². The Morgan fingerprint density at radius 2 is 1.96 bits per heavy atom. The smallest absolute Gasteiger partial charge is 0.257 e.